The number of rotatable bonds is 2. The number of hydrogen-bond donors (Lipinski definition) is 0. The van der Waals surface area contributed by atoms with E-state index in [1.807, 2.05) is 0 Å². The van der Waals surface area contributed by atoms with E-state index in [1.165, 1.54) is 5.56 Å². The van der Waals surface area contributed by atoms with Gasteiger partial charge in [-0.05, 0) is 49.3 Å². The Morgan fingerprint density at radius 3 is 2.22 bits per heavy atom. The van der Waals surface area contributed by atoms with Crippen LogP contribution in [0.3, 0.4) is 0 Å². The van der Waals surface area contributed by atoms with Crippen LogP contribution in [0.15, 0.2) is 28.7 Å². The second kappa shape index (κ2) is 5.04. The number of piperidine rings is 1. The summed E-state index contributed by atoms with van der Waals surface area (Å²) in [6.45, 7) is 1.88. The molecule has 2 nitrogen and oxygen atoms in total. The van der Waals surface area contributed by atoms with Crippen molar-refractivity contribution in [2.75, 3.05) is 13.1 Å². The minimum absolute atomic E-state index is 0.370. The molecular weight excluding hydrogens is 290 g/mol. The van der Waals surface area contributed by atoms with Gasteiger partial charge in [0.2, 0.25) is 5.91 Å². The van der Waals surface area contributed by atoms with Gasteiger partial charge in [-0.25, -0.2) is 0 Å². The predicted octanol–water partition coefficient (Wildman–Crippen LogP) is 3.57. The first-order valence-corrected chi connectivity index (χ1v) is 7.57. The van der Waals surface area contributed by atoms with Crippen molar-refractivity contribution in [3.8, 4) is 0 Å². The van der Waals surface area contributed by atoms with Crippen molar-refractivity contribution in [3.05, 3.63) is 34.3 Å². The highest BCUT2D eigenvalue weighted by atomic mass is 79.9. The van der Waals surface area contributed by atoms with Gasteiger partial charge in [0, 0.05) is 23.5 Å². The molecule has 18 heavy (non-hydrogen) atoms. The third kappa shape index (κ3) is 2.61. The SMILES string of the molecule is O=C(C1CC1)N1CCC(c2ccc(Br)cc2)CC1. The summed E-state index contributed by atoms with van der Waals surface area (Å²) >= 11 is 3.47. The van der Waals surface area contributed by atoms with Crippen molar-refractivity contribution in [2.45, 2.75) is 31.6 Å². The number of benzene rings is 1. The van der Waals surface area contributed by atoms with Crippen molar-refractivity contribution in [3.63, 3.8) is 0 Å². The quantitative estimate of drug-likeness (QED) is 0.818. The minimum atomic E-state index is 0.370. The topological polar surface area (TPSA) is 20.3 Å². The number of hydrogen-bond acceptors (Lipinski definition) is 1. The predicted molar refractivity (Wildman–Crippen MR) is 75.4 cm³/mol. The molecule has 0 radical (unpaired) electrons. The van der Waals surface area contributed by atoms with Gasteiger partial charge < -0.3 is 4.90 Å². The Hall–Kier alpha value is -0.830. The van der Waals surface area contributed by atoms with Gasteiger partial charge in [-0.2, -0.15) is 0 Å². The van der Waals surface area contributed by atoms with E-state index in [9.17, 15) is 4.79 Å². The maximum Gasteiger partial charge on any atom is 0.225 e. The smallest absolute Gasteiger partial charge is 0.225 e. The zero-order chi connectivity index (χ0) is 12.5. The van der Waals surface area contributed by atoms with E-state index in [1.54, 1.807) is 0 Å². The maximum atomic E-state index is 12.0. The fourth-order valence-electron chi connectivity index (χ4n) is 2.76. The van der Waals surface area contributed by atoms with Crippen molar-refractivity contribution >= 4 is 21.8 Å². The summed E-state index contributed by atoms with van der Waals surface area (Å²) < 4.78 is 1.13. The molecule has 1 aliphatic carbocycles. The minimum Gasteiger partial charge on any atom is -0.342 e. The Balaban J connectivity index is 1.59. The molecule has 1 amide bonds. The van der Waals surface area contributed by atoms with Crippen LogP contribution in [-0.2, 0) is 4.79 Å². The molecule has 1 aromatic rings. The van der Waals surface area contributed by atoms with E-state index >= 15 is 0 Å². The fourth-order valence-corrected chi connectivity index (χ4v) is 3.02. The molecule has 0 bridgehead atoms. The Kier molecular flexibility index (Phi) is 3.42. The second-order valence-electron chi connectivity index (χ2n) is 5.43. The van der Waals surface area contributed by atoms with Crippen molar-refractivity contribution in [1.82, 2.24) is 4.90 Å². The van der Waals surface area contributed by atoms with Crippen LogP contribution in [0.4, 0.5) is 0 Å². The Labute approximate surface area is 116 Å². The van der Waals surface area contributed by atoms with Crippen LogP contribution in [0, 0.1) is 5.92 Å². The number of carbonyl (C=O) groups excluding carboxylic acids is 1. The van der Waals surface area contributed by atoms with Crippen LogP contribution in [-0.4, -0.2) is 23.9 Å². The Bertz CT molecular complexity index is 430. The molecule has 2 aliphatic rings. The average molecular weight is 308 g/mol. The standard InChI is InChI=1S/C15H18BrNO/c16-14-5-3-11(4-6-14)12-7-9-17(10-8-12)15(18)13-1-2-13/h3-6,12-13H,1-2,7-10H2. The number of likely N-dealkylation sites (tertiary alicyclic amines) is 1. The summed E-state index contributed by atoms with van der Waals surface area (Å²) in [4.78, 5) is 14.0. The zero-order valence-corrected chi connectivity index (χ0v) is 12.0. The van der Waals surface area contributed by atoms with Gasteiger partial charge in [0.1, 0.15) is 0 Å². The van der Waals surface area contributed by atoms with Gasteiger partial charge in [0.25, 0.3) is 0 Å². The molecule has 0 N–H and O–H groups in total. The summed E-state index contributed by atoms with van der Waals surface area (Å²) in [5.41, 5.74) is 1.41. The average Bonchev–Trinajstić information content (AvgIpc) is 3.23. The van der Waals surface area contributed by atoms with E-state index in [4.69, 9.17) is 0 Å². The van der Waals surface area contributed by atoms with E-state index in [0.29, 0.717) is 17.7 Å². The fraction of sp³-hybridized carbons (Fsp3) is 0.533. The highest BCUT2D eigenvalue weighted by Gasteiger charge is 2.34. The first-order valence-electron chi connectivity index (χ1n) is 6.78. The molecule has 3 heteroatoms. The zero-order valence-electron chi connectivity index (χ0n) is 10.4. The molecule has 0 aromatic heterocycles. The van der Waals surface area contributed by atoms with Gasteiger partial charge in [-0.15, -0.1) is 0 Å². The lowest BCUT2D eigenvalue weighted by molar-refractivity contribution is -0.133. The molecule has 1 aromatic carbocycles. The molecule has 1 saturated heterocycles. The van der Waals surface area contributed by atoms with Crippen molar-refractivity contribution in [1.29, 1.82) is 0 Å². The van der Waals surface area contributed by atoms with Crippen LogP contribution in [0.1, 0.15) is 37.2 Å². The molecule has 96 valence electrons. The van der Waals surface area contributed by atoms with Gasteiger partial charge in [0.15, 0.2) is 0 Å². The normalized spacial score (nSPS) is 21.1. The number of nitrogens with zero attached hydrogens (tertiary/aromatic N) is 1. The van der Waals surface area contributed by atoms with Crippen LogP contribution in [0.25, 0.3) is 0 Å². The maximum absolute atomic E-state index is 12.0. The summed E-state index contributed by atoms with van der Waals surface area (Å²) in [5, 5.41) is 0. The Morgan fingerprint density at radius 1 is 1.06 bits per heavy atom. The highest BCUT2D eigenvalue weighted by molar-refractivity contribution is 9.10. The van der Waals surface area contributed by atoms with E-state index < -0.39 is 0 Å². The van der Waals surface area contributed by atoms with E-state index in [-0.39, 0.29) is 0 Å². The summed E-state index contributed by atoms with van der Waals surface area (Å²) in [7, 11) is 0. The van der Waals surface area contributed by atoms with E-state index in [2.05, 4.69) is 45.1 Å². The summed E-state index contributed by atoms with van der Waals surface area (Å²) in [6.07, 6.45) is 4.46. The lowest BCUT2D eigenvalue weighted by Gasteiger charge is -2.32. The molecule has 1 aliphatic heterocycles. The van der Waals surface area contributed by atoms with Crippen LogP contribution < -0.4 is 0 Å². The second-order valence-corrected chi connectivity index (χ2v) is 6.34. The van der Waals surface area contributed by atoms with Crippen molar-refractivity contribution < 1.29 is 4.79 Å². The third-order valence-corrected chi connectivity index (χ3v) is 4.60. The molecule has 1 heterocycles. The lowest BCUT2D eigenvalue weighted by Crippen LogP contribution is -2.38. The van der Waals surface area contributed by atoms with Gasteiger partial charge in [0.05, 0.1) is 0 Å². The molecule has 3 rings (SSSR count). The van der Waals surface area contributed by atoms with Gasteiger partial charge >= 0.3 is 0 Å². The highest BCUT2D eigenvalue weighted by Crippen LogP contribution is 2.34. The van der Waals surface area contributed by atoms with E-state index in [0.717, 1.165) is 43.2 Å². The number of carbonyl (C=O) groups is 1. The monoisotopic (exact) mass is 307 g/mol. The first kappa shape index (κ1) is 12.2. The van der Waals surface area contributed by atoms with Crippen LogP contribution in [0.5, 0.6) is 0 Å². The van der Waals surface area contributed by atoms with Crippen molar-refractivity contribution in [2.24, 2.45) is 5.92 Å². The summed E-state index contributed by atoms with van der Waals surface area (Å²) in [6, 6.07) is 8.62. The third-order valence-electron chi connectivity index (χ3n) is 4.07. The molecular formula is C15H18BrNO. The Morgan fingerprint density at radius 2 is 1.67 bits per heavy atom. The first-order chi connectivity index (χ1) is 8.74. The number of amides is 1. The number of halogens is 1. The van der Waals surface area contributed by atoms with Crippen LogP contribution >= 0.6 is 15.9 Å². The van der Waals surface area contributed by atoms with Gasteiger partial charge in [-0.1, -0.05) is 28.1 Å². The molecule has 1 saturated carbocycles. The van der Waals surface area contributed by atoms with Gasteiger partial charge in [-0.3, -0.25) is 4.79 Å². The largest absolute Gasteiger partial charge is 0.342 e. The summed E-state index contributed by atoms with van der Waals surface area (Å²) in [5.74, 6) is 1.40. The molecule has 0 spiro atoms. The molecule has 0 atom stereocenters. The van der Waals surface area contributed by atoms with Crippen LogP contribution in [0.2, 0.25) is 0 Å². The lowest BCUT2D eigenvalue weighted by atomic mass is 9.89. The molecule has 0 unspecified atom stereocenters. The molecule has 2 fully saturated rings.